The van der Waals surface area contributed by atoms with Crippen molar-refractivity contribution in [2.45, 2.75) is 32.6 Å². The molecular weight excluding hydrogens is 212 g/mol. The van der Waals surface area contributed by atoms with Crippen LogP contribution in [0.2, 0.25) is 0 Å². The van der Waals surface area contributed by atoms with E-state index in [1.165, 1.54) is 0 Å². The molecule has 0 aromatic heterocycles. The Morgan fingerprint density at radius 1 is 0.688 bits per heavy atom. The third kappa shape index (κ3) is 9.06. The molecule has 0 fully saturated rings. The van der Waals surface area contributed by atoms with Crippen molar-refractivity contribution in [3.63, 3.8) is 0 Å². The summed E-state index contributed by atoms with van der Waals surface area (Å²) in [4.78, 5) is 0. The van der Waals surface area contributed by atoms with E-state index in [1.54, 1.807) is 0 Å². The third-order valence-corrected chi connectivity index (χ3v) is 2.57. The van der Waals surface area contributed by atoms with E-state index in [0.717, 1.165) is 19.3 Å². The highest BCUT2D eigenvalue weighted by molar-refractivity contribution is 4.74. The van der Waals surface area contributed by atoms with Crippen molar-refractivity contribution in [3.05, 3.63) is 0 Å². The number of hydrogen-bond donors (Lipinski definition) is 5. The minimum Gasteiger partial charge on any atom is -0.396 e. The second-order valence-corrected chi connectivity index (χ2v) is 3.84. The van der Waals surface area contributed by atoms with Crippen molar-refractivity contribution >= 4 is 0 Å². The Kier molecular flexibility index (Phi) is 14.6. The molecule has 0 atom stereocenters. The van der Waals surface area contributed by atoms with Crippen molar-refractivity contribution in [2.24, 2.45) is 5.41 Å². The van der Waals surface area contributed by atoms with Crippen LogP contribution in [0, 0.1) is 5.41 Å². The molecule has 0 aromatic rings. The molecule has 0 aliphatic heterocycles. The molecule has 0 heterocycles. The van der Waals surface area contributed by atoms with Gasteiger partial charge in [0.1, 0.15) is 0 Å². The van der Waals surface area contributed by atoms with Crippen molar-refractivity contribution in [2.75, 3.05) is 33.0 Å². The molecule has 0 aromatic carbocycles. The highest BCUT2D eigenvalue weighted by atomic mass is 16.3. The van der Waals surface area contributed by atoms with Crippen LogP contribution < -0.4 is 0 Å². The molecule has 0 aliphatic carbocycles. The van der Waals surface area contributed by atoms with Crippen LogP contribution in [-0.4, -0.2) is 58.6 Å². The third-order valence-electron chi connectivity index (χ3n) is 2.57. The van der Waals surface area contributed by atoms with Crippen LogP contribution >= 0.6 is 0 Å². The van der Waals surface area contributed by atoms with Gasteiger partial charge in [-0.2, -0.15) is 0 Å². The molecule has 0 saturated carbocycles. The van der Waals surface area contributed by atoms with Gasteiger partial charge in [-0.3, -0.25) is 0 Å². The van der Waals surface area contributed by atoms with Gasteiger partial charge in [0.2, 0.25) is 0 Å². The molecule has 5 heteroatoms. The first-order chi connectivity index (χ1) is 7.66. The predicted molar refractivity (Wildman–Crippen MR) is 62.0 cm³/mol. The first-order valence-electron chi connectivity index (χ1n) is 5.70. The number of rotatable bonds is 8. The molecule has 0 amide bonds. The molecule has 0 aliphatic rings. The summed E-state index contributed by atoms with van der Waals surface area (Å²) >= 11 is 0. The topological polar surface area (TPSA) is 101 Å². The van der Waals surface area contributed by atoms with Gasteiger partial charge in [0.15, 0.2) is 0 Å². The summed E-state index contributed by atoms with van der Waals surface area (Å²) in [6.07, 6.45) is 3.17. The summed E-state index contributed by atoms with van der Waals surface area (Å²) in [5, 5.41) is 42.4. The number of hydrogen-bond acceptors (Lipinski definition) is 5. The van der Waals surface area contributed by atoms with Crippen molar-refractivity contribution in [1.82, 2.24) is 0 Å². The Balaban J connectivity index is 0. The van der Waals surface area contributed by atoms with E-state index in [2.05, 4.69) is 0 Å². The Labute approximate surface area is 97.4 Å². The lowest BCUT2D eigenvalue weighted by Gasteiger charge is -2.24. The number of aliphatic hydroxyl groups excluding tert-OH is 5. The van der Waals surface area contributed by atoms with E-state index in [1.807, 2.05) is 6.92 Å². The fraction of sp³-hybridized carbons (Fsp3) is 1.00. The normalized spacial score (nSPS) is 10.9. The zero-order chi connectivity index (χ0) is 12.9. The van der Waals surface area contributed by atoms with Gasteiger partial charge in [0.25, 0.3) is 0 Å². The van der Waals surface area contributed by atoms with Gasteiger partial charge < -0.3 is 25.5 Å². The first-order valence-corrected chi connectivity index (χ1v) is 5.70. The summed E-state index contributed by atoms with van der Waals surface area (Å²) in [7, 11) is 0. The molecule has 5 N–H and O–H groups in total. The maximum absolute atomic E-state index is 8.66. The van der Waals surface area contributed by atoms with Crippen LogP contribution in [0.25, 0.3) is 0 Å². The van der Waals surface area contributed by atoms with Crippen molar-refractivity contribution < 1.29 is 25.5 Å². The van der Waals surface area contributed by atoms with Gasteiger partial charge in [-0.15, -0.1) is 0 Å². The average Bonchev–Trinajstić information content (AvgIpc) is 2.34. The smallest absolute Gasteiger partial charge is 0.0531 e. The lowest BCUT2D eigenvalue weighted by atomic mass is 9.88. The van der Waals surface area contributed by atoms with E-state index in [0.29, 0.717) is 6.42 Å². The maximum atomic E-state index is 8.66. The van der Waals surface area contributed by atoms with E-state index in [9.17, 15) is 0 Å². The summed E-state index contributed by atoms with van der Waals surface area (Å²) in [6.45, 7) is 1.85. The standard InChI is InChI=1S/C6H14O3.C5H12O2/c1-2-6(3-7,4-8)5-9;6-4-2-1-3-5-7/h7-9H,2-5H2,1H3;6-7H,1-5H2. The summed E-state index contributed by atoms with van der Waals surface area (Å²) < 4.78 is 0. The van der Waals surface area contributed by atoms with Gasteiger partial charge in [-0.25, -0.2) is 0 Å². The largest absolute Gasteiger partial charge is 0.396 e. The van der Waals surface area contributed by atoms with Gasteiger partial charge in [0, 0.05) is 18.6 Å². The second-order valence-electron chi connectivity index (χ2n) is 3.84. The molecular formula is C11H26O5. The summed E-state index contributed by atoms with van der Waals surface area (Å²) in [5.74, 6) is 0. The molecule has 0 rings (SSSR count). The summed E-state index contributed by atoms with van der Waals surface area (Å²) in [6, 6.07) is 0. The minimum atomic E-state index is -0.667. The monoisotopic (exact) mass is 238 g/mol. The van der Waals surface area contributed by atoms with Crippen LogP contribution in [0.3, 0.4) is 0 Å². The van der Waals surface area contributed by atoms with Gasteiger partial charge >= 0.3 is 0 Å². The zero-order valence-electron chi connectivity index (χ0n) is 10.1. The highest BCUT2D eigenvalue weighted by Gasteiger charge is 2.24. The number of unbranched alkanes of at least 4 members (excludes halogenated alkanes) is 2. The lowest BCUT2D eigenvalue weighted by Crippen LogP contribution is -2.32. The minimum absolute atomic E-state index is 0.156. The molecule has 0 spiro atoms. The Hall–Kier alpha value is -0.200. The first kappa shape index (κ1) is 18.2. The van der Waals surface area contributed by atoms with Crippen LogP contribution in [-0.2, 0) is 0 Å². The van der Waals surface area contributed by atoms with Gasteiger partial charge in [0.05, 0.1) is 19.8 Å². The molecule has 5 nitrogen and oxygen atoms in total. The average molecular weight is 238 g/mol. The Morgan fingerprint density at radius 3 is 1.19 bits per heavy atom. The molecule has 0 unspecified atom stereocenters. The zero-order valence-corrected chi connectivity index (χ0v) is 10.1. The van der Waals surface area contributed by atoms with Crippen molar-refractivity contribution in [1.29, 1.82) is 0 Å². The van der Waals surface area contributed by atoms with Crippen LogP contribution in [0.15, 0.2) is 0 Å². The van der Waals surface area contributed by atoms with Gasteiger partial charge in [-0.05, 0) is 25.7 Å². The number of aliphatic hydroxyl groups is 5. The molecule has 100 valence electrons. The lowest BCUT2D eigenvalue weighted by molar-refractivity contribution is 0.00304. The Bertz CT molecular complexity index is 104. The van der Waals surface area contributed by atoms with Crippen LogP contribution in [0.1, 0.15) is 32.6 Å². The van der Waals surface area contributed by atoms with E-state index < -0.39 is 5.41 Å². The molecule has 0 radical (unpaired) electrons. The molecule has 0 saturated heterocycles. The van der Waals surface area contributed by atoms with Crippen molar-refractivity contribution in [3.8, 4) is 0 Å². The van der Waals surface area contributed by atoms with Gasteiger partial charge in [-0.1, -0.05) is 6.92 Å². The van der Waals surface area contributed by atoms with Crippen LogP contribution in [0.4, 0.5) is 0 Å². The van der Waals surface area contributed by atoms with E-state index in [4.69, 9.17) is 25.5 Å². The fourth-order valence-electron chi connectivity index (χ4n) is 0.886. The maximum Gasteiger partial charge on any atom is 0.0531 e. The quantitative estimate of drug-likeness (QED) is 0.367. The highest BCUT2D eigenvalue weighted by Crippen LogP contribution is 2.18. The van der Waals surface area contributed by atoms with Crippen LogP contribution in [0.5, 0.6) is 0 Å². The predicted octanol–water partition coefficient (Wildman–Crippen LogP) is -0.499. The summed E-state index contributed by atoms with van der Waals surface area (Å²) in [5.41, 5.74) is -0.667. The van der Waals surface area contributed by atoms with E-state index in [-0.39, 0.29) is 33.0 Å². The fourth-order valence-corrected chi connectivity index (χ4v) is 0.886. The Morgan fingerprint density at radius 2 is 1.06 bits per heavy atom. The molecule has 0 bridgehead atoms. The molecule has 16 heavy (non-hydrogen) atoms. The van der Waals surface area contributed by atoms with E-state index >= 15 is 0 Å². The second kappa shape index (κ2) is 12.9. The SMILES string of the molecule is CCC(CO)(CO)CO.OCCCCCO.